The lowest BCUT2D eigenvalue weighted by molar-refractivity contribution is 0.315. The minimum atomic E-state index is 0.802. The van der Waals surface area contributed by atoms with Gasteiger partial charge in [0, 0.05) is 0 Å². The van der Waals surface area contributed by atoms with Crippen LogP contribution < -0.4 is 10.1 Å². The molecule has 0 saturated heterocycles. The summed E-state index contributed by atoms with van der Waals surface area (Å²) >= 11 is 0. The van der Waals surface area contributed by atoms with Crippen molar-refractivity contribution in [2.24, 2.45) is 0 Å². The lowest BCUT2D eigenvalue weighted by atomic mass is 10.0. The molecule has 1 N–H and O–H groups in total. The van der Waals surface area contributed by atoms with Gasteiger partial charge in [-0.05, 0) is 63.0 Å². The van der Waals surface area contributed by atoms with Crippen molar-refractivity contribution < 1.29 is 4.74 Å². The molecule has 1 aromatic rings. The summed E-state index contributed by atoms with van der Waals surface area (Å²) in [6.07, 6.45) is 2.14. The molecule has 0 radical (unpaired) electrons. The average molecular weight is 221 g/mol. The van der Waals surface area contributed by atoms with Crippen LogP contribution >= 0.6 is 0 Å². The van der Waals surface area contributed by atoms with Crippen molar-refractivity contribution in [3.8, 4) is 5.75 Å². The maximum Gasteiger partial charge on any atom is 0.122 e. The number of aryl methyl sites for hydroxylation is 2. The first kappa shape index (κ1) is 13.0. The molecule has 1 aromatic carbocycles. The van der Waals surface area contributed by atoms with E-state index in [1.54, 1.807) is 0 Å². The quantitative estimate of drug-likeness (QED) is 0.797. The van der Waals surface area contributed by atoms with Gasteiger partial charge in [-0.3, -0.25) is 0 Å². The lowest BCUT2D eigenvalue weighted by Gasteiger charge is -2.13. The summed E-state index contributed by atoms with van der Waals surface area (Å²) < 4.78 is 5.71. The first-order valence-electron chi connectivity index (χ1n) is 6.06. The van der Waals surface area contributed by atoms with E-state index in [1.807, 2.05) is 7.05 Å². The molecule has 0 atom stereocenters. The van der Waals surface area contributed by atoms with E-state index in [2.05, 4.69) is 38.2 Å². The fourth-order valence-corrected chi connectivity index (χ4v) is 1.75. The van der Waals surface area contributed by atoms with Gasteiger partial charge in [-0.1, -0.05) is 13.0 Å². The molecule has 90 valence electrons. The van der Waals surface area contributed by atoms with E-state index >= 15 is 0 Å². The van der Waals surface area contributed by atoms with Gasteiger partial charge in [-0.2, -0.15) is 0 Å². The topological polar surface area (TPSA) is 21.3 Å². The highest BCUT2D eigenvalue weighted by Gasteiger charge is 2.05. The standard InChI is InChI=1S/C14H23NO/c1-5-8-16-14-10-11(2)13(6-7-15-4)9-12(14)3/h9-10,15H,5-8H2,1-4H3. The fourth-order valence-electron chi connectivity index (χ4n) is 1.75. The number of benzene rings is 1. The van der Waals surface area contributed by atoms with E-state index in [0.717, 1.165) is 31.7 Å². The molecule has 0 aliphatic carbocycles. The molecule has 0 bridgehead atoms. The zero-order valence-corrected chi connectivity index (χ0v) is 10.9. The van der Waals surface area contributed by atoms with Crippen LogP contribution in [0.15, 0.2) is 12.1 Å². The molecule has 16 heavy (non-hydrogen) atoms. The molecular formula is C14H23NO. The van der Waals surface area contributed by atoms with Crippen LogP contribution in [0.4, 0.5) is 0 Å². The second kappa shape index (κ2) is 6.54. The van der Waals surface area contributed by atoms with Crippen LogP contribution in [0.3, 0.4) is 0 Å². The number of rotatable bonds is 6. The second-order valence-electron chi connectivity index (χ2n) is 4.25. The summed E-state index contributed by atoms with van der Waals surface area (Å²) in [5.41, 5.74) is 3.98. The smallest absolute Gasteiger partial charge is 0.122 e. The number of hydrogen-bond donors (Lipinski definition) is 1. The Morgan fingerprint density at radius 3 is 2.56 bits per heavy atom. The van der Waals surface area contributed by atoms with E-state index < -0.39 is 0 Å². The molecule has 0 spiro atoms. The van der Waals surface area contributed by atoms with Crippen LogP contribution in [0.1, 0.15) is 30.0 Å². The molecule has 0 unspecified atom stereocenters. The predicted molar refractivity (Wildman–Crippen MR) is 69.3 cm³/mol. The molecule has 0 amide bonds. The first-order chi connectivity index (χ1) is 7.69. The number of likely N-dealkylation sites (N-methyl/N-ethyl adjacent to an activating group) is 1. The van der Waals surface area contributed by atoms with Gasteiger partial charge in [0.2, 0.25) is 0 Å². The summed E-state index contributed by atoms with van der Waals surface area (Å²) in [6, 6.07) is 4.41. The number of ether oxygens (including phenoxy) is 1. The molecule has 2 nitrogen and oxygen atoms in total. The van der Waals surface area contributed by atoms with Crippen LogP contribution in [0.25, 0.3) is 0 Å². The Morgan fingerprint density at radius 2 is 1.94 bits per heavy atom. The normalized spacial score (nSPS) is 10.5. The van der Waals surface area contributed by atoms with E-state index in [1.165, 1.54) is 16.7 Å². The largest absolute Gasteiger partial charge is 0.493 e. The van der Waals surface area contributed by atoms with Gasteiger partial charge in [0.1, 0.15) is 5.75 Å². The van der Waals surface area contributed by atoms with Crippen LogP contribution in [-0.4, -0.2) is 20.2 Å². The molecule has 0 saturated carbocycles. The van der Waals surface area contributed by atoms with Crippen molar-refractivity contribution >= 4 is 0 Å². The van der Waals surface area contributed by atoms with Gasteiger partial charge in [0.05, 0.1) is 6.61 Å². The van der Waals surface area contributed by atoms with Crippen molar-refractivity contribution in [2.75, 3.05) is 20.2 Å². The summed E-state index contributed by atoms with van der Waals surface area (Å²) in [4.78, 5) is 0. The summed E-state index contributed by atoms with van der Waals surface area (Å²) in [5.74, 6) is 1.03. The van der Waals surface area contributed by atoms with Gasteiger partial charge in [-0.15, -0.1) is 0 Å². The molecule has 0 fully saturated rings. The maximum atomic E-state index is 5.71. The van der Waals surface area contributed by atoms with Crippen LogP contribution in [0.5, 0.6) is 5.75 Å². The van der Waals surface area contributed by atoms with Gasteiger partial charge in [0.15, 0.2) is 0 Å². The molecule has 0 aliphatic heterocycles. The highest BCUT2D eigenvalue weighted by Crippen LogP contribution is 2.23. The predicted octanol–water partition coefficient (Wildman–Crippen LogP) is 2.85. The molecule has 2 heteroatoms. The van der Waals surface area contributed by atoms with Gasteiger partial charge in [-0.25, -0.2) is 0 Å². The highest BCUT2D eigenvalue weighted by molar-refractivity contribution is 5.41. The van der Waals surface area contributed by atoms with E-state index in [-0.39, 0.29) is 0 Å². The number of nitrogens with one attached hydrogen (secondary N) is 1. The molecular weight excluding hydrogens is 198 g/mol. The van der Waals surface area contributed by atoms with Crippen molar-refractivity contribution in [1.29, 1.82) is 0 Å². The fraction of sp³-hybridized carbons (Fsp3) is 0.571. The first-order valence-corrected chi connectivity index (χ1v) is 6.06. The third-order valence-corrected chi connectivity index (χ3v) is 2.74. The highest BCUT2D eigenvalue weighted by atomic mass is 16.5. The Hall–Kier alpha value is -1.02. The van der Waals surface area contributed by atoms with Gasteiger partial charge in [0.25, 0.3) is 0 Å². The Labute approximate surface area is 99.0 Å². The zero-order valence-electron chi connectivity index (χ0n) is 10.9. The third kappa shape index (κ3) is 3.53. The van der Waals surface area contributed by atoms with Crippen molar-refractivity contribution in [1.82, 2.24) is 5.32 Å². The lowest BCUT2D eigenvalue weighted by Crippen LogP contribution is -2.11. The average Bonchev–Trinajstić information content (AvgIpc) is 2.28. The van der Waals surface area contributed by atoms with Gasteiger partial charge >= 0.3 is 0 Å². The Balaban J connectivity index is 2.79. The Bertz CT molecular complexity index is 300. The second-order valence-corrected chi connectivity index (χ2v) is 4.25. The van der Waals surface area contributed by atoms with E-state index in [9.17, 15) is 0 Å². The molecule has 0 heterocycles. The zero-order chi connectivity index (χ0) is 12.0. The van der Waals surface area contributed by atoms with Crippen molar-refractivity contribution in [3.63, 3.8) is 0 Å². The maximum absolute atomic E-state index is 5.71. The molecule has 0 aliphatic rings. The molecule has 0 aromatic heterocycles. The van der Waals surface area contributed by atoms with Crippen LogP contribution in [0.2, 0.25) is 0 Å². The third-order valence-electron chi connectivity index (χ3n) is 2.74. The SMILES string of the molecule is CCCOc1cc(C)c(CCNC)cc1C. The van der Waals surface area contributed by atoms with E-state index in [4.69, 9.17) is 4.74 Å². The minimum absolute atomic E-state index is 0.802. The summed E-state index contributed by atoms with van der Waals surface area (Å²) in [6.45, 7) is 8.23. The van der Waals surface area contributed by atoms with Crippen molar-refractivity contribution in [3.05, 3.63) is 28.8 Å². The monoisotopic (exact) mass is 221 g/mol. The Morgan fingerprint density at radius 1 is 1.19 bits per heavy atom. The van der Waals surface area contributed by atoms with Crippen LogP contribution in [-0.2, 0) is 6.42 Å². The number of hydrogen-bond acceptors (Lipinski definition) is 2. The van der Waals surface area contributed by atoms with Crippen LogP contribution in [0, 0.1) is 13.8 Å². The van der Waals surface area contributed by atoms with Crippen molar-refractivity contribution in [2.45, 2.75) is 33.6 Å². The summed E-state index contributed by atoms with van der Waals surface area (Å²) in [7, 11) is 1.99. The van der Waals surface area contributed by atoms with Gasteiger partial charge < -0.3 is 10.1 Å². The summed E-state index contributed by atoms with van der Waals surface area (Å²) in [5, 5.41) is 3.18. The molecule has 1 rings (SSSR count). The van der Waals surface area contributed by atoms with E-state index in [0.29, 0.717) is 0 Å². The minimum Gasteiger partial charge on any atom is -0.493 e. The Kier molecular flexibility index (Phi) is 5.33.